The van der Waals surface area contributed by atoms with Crippen LogP contribution in [0.1, 0.15) is 55.4 Å². The molecule has 0 radical (unpaired) electrons. The first-order valence-electron chi connectivity index (χ1n) is 8.03. The standard InChI is InChI=1S/C16H30N2O8/c1-10(22-11(19)16(7,8)26-17)23-13(21)25-15(5,6)9-18-12(20)24-14(2,3)4/h10H,9,17H2,1-8H3,(H,18,20). The van der Waals surface area contributed by atoms with Gasteiger partial charge in [-0.1, -0.05) is 0 Å². The van der Waals surface area contributed by atoms with Crippen LogP contribution in [0.15, 0.2) is 0 Å². The number of rotatable bonds is 7. The first kappa shape index (κ1) is 23.9. The molecule has 0 aromatic carbocycles. The molecule has 0 saturated heterocycles. The Balaban J connectivity index is 4.43. The minimum absolute atomic E-state index is 0.0147. The van der Waals surface area contributed by atoms with Crippen molar-refractivity contribution in [3.8, 4) is 0 Å². The summed E-state index contributed by atoms with van der Waals surface area (Å²) in [5, 5.41) is 2.49. The van der Waals surface area contributed by atoms with Crippen LogP contribution in [-0.2, 0) is 28.6 Å². The number of nitrogens with two attached hydrogens (primary N) is 1. The number of ether oxygens (including phenoxy) is 4. The molecule has 0 aliphatic carbocycles. The zero-order valence-electron chi connectivity index (χ0n) is 16.6. The second kappa shape index (κ2) is 9.04. The van der Waals surface area contributed by atoms with Crippen molar-refractivity contribution >= 4 is 18.2 Å². The number of hydrogen-bond acceptors (Lipinski definition) is 9. The molecule has 0 aromatic heterocycles. The van der Waals surface area contributed by atoms with Gasteiger partial charge < -0.3 is 24.3 Å². The predicted molar refractivity (Wildman–Crippen MR) is 90.8 cm³/mol. The van der Waals surface area contributed by atoms with Crippen LogP contribution >= 0.6 is 0 Å². The maximum atomic E-state index is 11.8. The van der Waals surface area contributed by atoms with Crippen molar-refractivity contribution in [1.29, 1.82) is 0 Å². The van der Waals surface area contributed by atoms with E-state index in [1.54, 1.807) is 34.6 Å². The number of alkyl carbamates (subject to hydrolysis) is 1. The second-order valence-electron chi connectivity index (χ2n) is 7.69. The SMILES string of the molecule is CC(OC(=O)OC(C)(C)CNC(=O)OC(C)(C)C)OC(=O)C(C)(C)ON. The minimum Gasteiger partial charge on any atom is -0.444 e. The molecule has 10 nitrogen and oxygen atoms in total. The van der Waals surface area contributed by atoms with Crippen molar-refractivity contribution in [3.63, 3.8) is 0 Å². The summed E-state index contributed by atoms with van der Waals surface area (Å²) in [4.78, 5) is 39.7. The molecule has 0 aliphatic heterocycles. The Kier molecular flexibility index (Phi) is 8.32. The van der Waals surface area contributed by atoms with E-state index >= 15 is 0 Å². The molecule has 3 N–H and O–H groups in total. The molecular formula is C16H30N2O8. The summed E-state index contributed by atoms with van der Waals surface area (Å²) in [7, 11) is 0. The molecule has 0 heterocycles. The third-order valence-electron chi connectivity index (χ3n) is 2.74. The largest absolute Gasteiger partial charge is 0.511 e. The summed E-state index contributed by atoms with van der Waals surface area (Å²) in [5.41, 5.74) is -3.12. The smallest absolute Gasteiger partial charge is 0.444 e. The number of esters is 1. The van der Waals surface area contributed by atoms with Crippen molar-refractivity contribution in [1.82, 2.24) is 5.32 Å². The molecule has 0 fully saturated rings. The van der Waals surface area contributed by atoms with E-state index in [1.807, 2.05) is 0 Å². The van der Waals surface area contributed by atoms with Crippen LogP contribution < -0.4 is 11.2 Å². The fourth-order valence-electron chi connectivity index (χ4n) is 1.39. The van der Waals surface area contributed by atoms with Gasteiger partial charge in [-0.05, 0) is 48.5 Å². The molecule has 0 aromatic rings. The van der Waals surface area contributed by atoms with Gasteiger partial charge in [-0.25, -0.2) is 20.3 Å². The van der Waals surface area contributed by atoms with Gasteiger partial charge in [0.25, 0.3) is 0 Å². The Hall–Kier alpha value is -2.07. The summed E-state index contributed by atoms with van der Waals surface area (Å²) in [6.45, 7) is 12.4. The van der Waals surface area contributed by atoms with Crippen molar-refractivity contribution in [3.05, 3.63) is 0 Å². The van der Waals surface area contributed by atoms with E-state index in [0.29, 0.717) is 0 Å². The molecule has 0 aliphatic rings. The average molecular weight is 378 g/mol. The van der Waals surface area contributed by atoms with Gasteiger partial charge in [0.2, 0.25) is 6.29 Å². The van der Waals surface area contributed by atoms with Gasteiger partial charge in [-0.15, -0.1) is 0 Å². The summed E-state index contributed by atoms with van der Waals surface area (Å²) >= 11 is 0. The molecule has 1 atom stereocenters. The first-order valence-corrected chi connectivity index (χ1v) is 8.03. The van der Waals surface area contributed by atoms with Crippen molar-refractivity contribution < 1.29 is 38.2 Å². The lowest BCUT2D eigenvalue weighted by Crippen LogP contribution is -2.44. The highest BCUT2D eigenvalue weighted by atomic mass is 16.8. The predicted octanol–water partition coefficient (Wildman–Crippen LogP) is 2.00. The Bertz CT molecular complexity index is 511. The lowest BCUT2D eigenvalue weighted by molar-refractivity contribution is -0.192. The molecule has 1 unspecified atom stereocenters. The summed E-state index contributed by atoms with van der Waals surface area (Å²) in [6.07, 6.45) is -2.94. The van der Waals surface area contributed by atoms with Crippen LogP contribution in [0.4, 0.5) is 9.59 Å². The number of hydrogen-bond donors (Lipinski definition) is 2. The summed E-state index contributed by atoms with van der Waals surface area (Å²) in [6, 6.07) is 0. The Morgan fingerprint density at radius 2 is 1.50 bits per heavy atom. The van der Waals surface area contributed by atoms with Crippen LogP contribution in [0.25, 0.3) is 0 Å². The molecule has 152 valence electrons. The van der Waals surface area contributed by atoms with Gasteiger partial charge in [-0.2, -0.15) is 0 Å². The second-order valence-corrected chi connectivity index (χ2v) is 7.69. The highest BCUT2D eigenvalue weighted by Gasteiger charge is 2.33. The monoisotopic (exact) mass is 378 g/mol. The van der Waals surface area contributed by atoms with Crippen LogP contribution in [0, 0.1) is 0 Å². The number of amides is 1. The third kappa shape index (κ3) is 10.0. The van der Waals surface area contributed by atoms with Crippen LogP contribution in [-0.4, -0.2) is 47.9 Å². The summed E-state index contributed by atoms with van der Waals surface area (Å²) < 4.78 is 19.9. The highest BCUT2D eigenvalue weighted by molar-refractivity contribution is 5.78. The minimum atomic E-state index is -1.39. The quantitative estimate of drug-likeness (QED) is 0.295. The van der Waals surface area contributed by atoms with E-state index < -0.39 is 41.3 Å². The number of nitrogens with one attached hydrogen (secondary N) is 1. The molecule has 26 heavy (non-hydrogen) atoms. The number of carbonyl (C=O) groups excluding carboxylic acids is 3. The van der Waals surface area contributed by atoms with E-state index in [0.717, 1.165) is 0 Å². The van der Waals surface area contributed by atoms with Crippen molar-refractivity contribution in [2.45, 2.75) is 78.5 Å². The number of carbonyl (C=O) groups is 3. The van der Waals surface area contributed by atoms with Gasteiger partial charge in [0, 0.05) is 6.92 Å². The highest BCUT2D eigenvalue weighted by Crippen LogP contribution is 2.14. The fourth-order valence-corrected chi connectivity index (χ4v) is 1.39. The molecule has 0 rings (SSSR count). The molecule has 0 spiro atoms. The van der Waals surface area contributed by atoms with Crippen molar-refractivity contribution in [2.75, 3.05) is 6.54 Å². The zero-order valence-corrected chi connectivity index (χ0v) is 16.6. The first-order chi connectivity index (χ1) is 11.6. The van der Waals surface area contributed by atoms with Crippen molar-refractivity contribution in [2.24, 2.45) is 5.90 Å². The third-order valence-corrected chi connectivity index (χ3v) is 2.74. The topological polar surface area (TPSA) is 135 Å². The van der Waals surface area contributed by atoms with E-state index in [1.165, 1.54) is 20.8 Å². The Labute approximate surface area is 153 Å². The lowest BCUT2D eigenvalue weighted by Gasteiger charge is -2.27. The van der Waals surface area contributed by atoms with Gasteiger partial charge in [0.1, 0.15) is 11.2 Å². The van der Waals surface area contributed by atoms with Gasteiger partial charge in [0.15, 0.2) is 5.60 Å². The van der Waals surface area contributed by atoms with E-state index in [4.69, 9.17) is 24.8 Å². The average Bonchev–Trinajstić information content (AvgIpc) is 2.42. The van der Waals surface area contributed by atoms with Crippen LogP contribution in [0.2, 0.25) is 0 Å². The van der Waals surface area contributed by atoms with E-state index in [9.17, 15) is 14.4 Å². The molecule has 0 saturated carbocycles. The van der Waals surface area contributed by atoms with Gasteiger partial charge >= 0.3 is 18.2 Å². The maximum absolute atomic E-state index is 11.8. The fraction of sp³-hybridized carbons (Fsp3) is 0.812. The zero-order chi connectivity index (χ0) is 20.8. The van der Waals surface area contributed by atoms with Crippen LogP contribution in [0.5, 0.6) is 0 Å². The maximum Gasteiger partial charge on any atom is 0.511 e. The molecule has 1 amide bonds. The van der Waals surface area contributed by atoms with E-state index in [2.05, 4.69) is 10.2 Å². The molecular weight excluding hydrogens is 348 g/mol. The lowest BCUT2D eigenvalue weighted by atomic mass is 10.1. The molecule has 0 bridgehead atoms. The van der Waals surface area contributed by atoms with Gasteiger partial charge in [-0.3, -0.25) is 4.84 Å². The Morgan fingerprint density at radius 1 is 0.962 bits per heavy atom. The molecule has 10 heteroatoms. The summed E-state index contributed by atoms with van der Waals surface area (Å²) in [5.74, 6) is 4.17. The van der Waals surface area contributed by atoms with Crippen LogP contribution in [0.3, 0.4) is 0 Å². The normalized spacial score (nSPS) is 13.4. The van der Waals surface area contributed by atoms with E-state index in [-0.39, 0.29) is 6.54 Å². The Morgan fingerprint density at radius 3 is 1.96 bits per heavy atom. The van der Waals surface area contributed by atoms with Gasteiger partial charge in [0.05, 0.1) is 6.54 Å².